The van der Waals surface area contributed by atoms with E-state index in [2.05, 4.69) is 4.98 Å². The normalized spacial score (nSPS) is 23.8. The molecule has 3 heterocycles. The Morgan fingerprint density at radius 3 is 2.75 bits per heavy atom. The van der Waals surface area contributed by atoms with E-state index in [4.69, 9.17) is 4.42 Å². The van der Waals surface area contributed by atoms with Crippen LogP contribution < -0.4 is 5.56 Å². The molecule has 1 saturated carbocycles. The minimum atomic E-state index is -0.341. The lowest BCUT2D eigenvalue weighted by Gasteiger charge is -2.44. The first kappa shape index (κ1) is 15.2. The number of aromatic amines is 1. The van der Waals surface area contributed by atoms with Crippen LogP contribution in [0.3, 0.4) is 0 Å². The van der Waals surface area contributed by atoms with Gasteiger partial charge in [0.05, 0.1) is 12.0 Å². The molecule has 1 amide bonds. The quantitative estimate of drug-likeness (QED) is 0.919. The number of H-pyrrole nitrogens is 1. The Morgan fingerprint density at radius 2 is 1.96 bits per heavy atom. The van der Waals surface area contributed by atoms with E-state index in [0.29, 0.717) is 23.4 Å². The second-order valence-corrected chi connectivity index (χ2v) is 6.84. The van der Waals surface area contributed by atoms with Gasteiger partial charge in [-0.1, -0.05) is 12.8 Å². The molecular weight excluding hydrogens is 304 g/mol. The topological polar surface area (TPSA) is 66.3 Å². The Kier molecular flexibility index (Phi) is 4.00. The molecule has 5 heteroatoms. The van der Waals surface area contributed by atoms with Crippen LogP contribution >= 0.6 is 0 Å². The number of fused-ring (bicyclic) bond motifs is 1. The van der Waals surface area contributed by atoms with Crippen molar-refractivity contribution in [3.8, 4) is 11.5 Å². The summed E-state index contributed by atoms with van der Waals surface area (Å²) in [6.07, 6.45) is 8.53. The molecule has 2 aromatic heterocycles. The highest BCUT2D eigenvalue weighted by molar-refractivity contribution is 5.94. The van der Waals surface area contributed by atoms with Crippen molar-refractivity contribution in [3.63, 3.8) is 0 Å². The predicted octanol–water partition coefficient (Wildman–Crippen LogP) is 3.43. The fourth-order valence-electron chi connectivity index (χ4n) is 4.25. The highest BCUT2D eigenvalue weighted by Crippen LogP contribution is 2.35. The van der Waals surface area contributed by atoms with Gasteiger partial charge < -0.3 is 14.3 Å². The lowest BCUT2D eigenvalue weighted by atomic mass is 9.78. The highest BCUT2D eigenvalue weighted by Gasteiger charge is 2.36. The molecule has 0 bridgehead atoms. The van der Waals surface area contributed by atoms with Crippen LogP contribution in [0.2, 0.25) is 0 Å². The van der Waals surface area contributed by atoms with Crippen LogP contribution in [0.1, 0.15) is 48.9 Å². The maximum Gasteiger partial charge on any atom is 0.261 e. The van der Waals surface area contributed by atoms with E-state index in [9.17, 15) is 9.59 Å². The number of carbonyl (C=O) groups excluding carboxylic acids is 1. The van der Waals surface area contributed by atoms with Gasteiger partial charge in [-0.25, -0.2) is 0 Å². The number of carbonyl (C=O) groups is 1. The Labute approximate surface area is 140 Å². The van der Waals surface area contributed by atoms with Gasteiger partial charge >= 0.3 is 0 Å². The molecule has 126 valence electrons. The number of nitrogens with zero attached hydrogens (tertiary/aromatic N) is 1. The van der Waals surface area contributed by atoms with E-state index >= 15 is 0 Å². The van der Waals surface area contributed by atoms with Crippen LogP contribution in [0.15, 0.2) is 39.7 Å². The van der Waals surface area contributed by atoms with Gasteiger partial charge in [0.15, 0.2) is 0 Å². The third kappa shape index (κ3) is 2.68. The van der Waals surface area contributed by atoms with E-state index in [1.54, 1.807) is 30.5 Å². The van der Waals surface area contributed by atoms with E-state index in [-0.39, 0.29) is 17.0 Å². The van der Waals surface area contributed by atoms with Gasteiger partial charge in [0.2, 0.25) is 0 Å². The number of furan rings is 1. The third-order valence-corrected chi connectivity index (χ3v) is 5.43. The monoisotopic (exact) mass is 326 g/mol. The zero-order chi connectivity index (χ0) is 16.5. The first-order valence-corrected chi connectivity index (χ1v) is 8.82. The Morgan fingerprint density at radius 1 is 1.12 bits per heavy atom. The van der Waals surface area contributed by atoms with Crippen LogP contribution in [0, 0.1) is 5.92 Å². The number of hydrogen-bond acceptors (Lipinski definition) is 3. The molecule has 2 atom stereocenters. The SMILES string of the molecule is O=C(c1ccc(-c2ccco2)[nH]c1=O)N1CCC[C@H]2CCCC[C@@H]21. The number of pyridine rings is 1. The lowest BCUT2D eigenvalue weighted by molar-refractivity contribution is 0.0389. The molecule has 1 aliphatic heterocycles. The molecule has 2 aliphatic rings. The minimum absolute atomic E-state index is 0.126. The summed E-state index contributed by atoms with van der Waals surface area (Å²) in [5.41, 5.74) is 0.485. The molecule has 0 aromatic carbocycles. The molecule has 2 fully saturated rings. The Balaban J connectivity index is 1.61. The van der Waals surface area contributed by atoms with E-state index in [1.165, 1.54) is 25.7 Å². The number of piperidine rings is 1. The smallest absolute Gasteiger partial charge is 0.261 e. The first-order valence-electron chi connectivity index (χ1n) is 8.82. The van der Waals surface area contributed by atoms with Gasteiger partial charge in [0, 0.05) is 12.6 Å². The molecule has 2 aromatic rings. The molecule has 4 rings (SSSR count). The molecular formula is C19H22N2O3. The second-order valence-electron chi connectivity index (χ2n) is 6.84. The fourth-order valence-corrected chi connectivity index (χ4v) is 4.25. The summed E-state index contributed by atoms with van der Waals surface area (Å²) in [6.45, 7) is 0.763. The van der Waals surface area contributed by atoms with Gasteiger partial charge in [0.1, 0.15) is 11.3 Å². The van der Waals surface area contributed by atoms with Gasteiger partial charge in [-0.3, -0.25) is 9.59 Å². The van der Waals surface area contributed by atoms with Gasteiger partial charge in [-0.2, -0.15) is 0 Å². The lowest BCUT2D eigenvalue weighted by Crippen LogP contribution is -2.50. The molecule has 1 saturated heterocycles. The van der Waals surface area contributed by atoms with Gasteiger partial charge in [0.25, 0.3) is 11.5 Å². The van der Waals surface area contributed by atoms with Crippen LogP contribution in [0.5, 0.6) is 0 Å². The minimum Gasteiger partial charge on any atom is -0.463 e. The average Bonchev–Trinajstić information content (AvgIpc) is 3.15. The van der Waals surface area contributed by atoms with Crippen molar-refractivity contribution in [2.45, 2.75) is 44.6 Å². The van der Waals surface area contributed by atoms with Crippen molar-refractivity contribution in [1.29, 1.82) is 0 Å². The molecule has 5 nitrogen and oxygen atoms in total. The maximum atomic E-state index is 13.0. The first-order chi connectivity index (χ1) is 11.7. The fraction of sp³-hybridized carbons (Fsp3) is 0.474. The summed E-state index contributed by atoms with van der Waals surface area (Å²) in [4.78, 5) is 30.1. The van der Waals surface area contributed by atoms with Crippen molar-refractivity contribution in [1.82, 2.24) is 9.88 Å². The summed E-state index contributed by atoms with van der Waals surface area (Å²) >= 11 is 0. The van der Waals surface area contributed by atoms with Crippen LogP contribution in [-0.4, -0.2) is 28.4 Å². The van der Waals surface area contributed by atoms with Crippen molar-refractivity contribution in [2.75, 3.05) is 6.54 Å². The van der Waals surface area contributed by atoms with Crippen molar-refractivity contribution in [2.24, 2.45) is 5.92 Å². The number of hydrogen-bond donors (Lipinski definition) is 1. The largest absolute Gasteiger partial charge is 0.463 e. The number of rotatable bonds is 2. The Hall–Kier alpha value is -2.30. The zero-order valence-corrected chi connectivity index (χ0v) is 13.7. The average molecular weight is 326 g/mol. The third-order valence-electron chi connectivity index (χ3n) is 5.43. The number of likely N-dealkylation sites (tertiary alicyclic amines) is 1. The molecule has 1 N–H and O–H groups in total. The second kappa shape index (κ2) is 6.30. The number of aromatic nitrogens is 1. The standard InChI is InChI=1S/C19H22N2O3/c22-18-14(9-10-15(20-18)17-8-4-12-24-17)19(23)21-11-3-6-13-5-1-2-7-16(13)21/h4,8-10,12-13,16H,1-3,5-7,11H2,(H,20,22)/t13-,16+/m1/s1. The summed E-state index contributed by atoms with van der Waals surface area (Å²) in [7, 11) is 0. The molecule has 1 aliphatic carbocycles. The van der Waals surface area contributed by atoms with Crippen molar-refractivity contribution < 1.29 is 9.21 Å². The maximum absolute atomic E-state index is 13.0. The molecule has 0 radical (unpaired) electrons. The van der Waals surface area contributed by atoms with Crippen LogP contribution in [0.4, 0.5) is 0 Å². The van der Waals surface area contributed by atoms with Gasteiger partial charge in [-0.15, -0.1) is 0 Å². The van der Waals surface area contributed by atoms with E-state index in [0.717, 1.165) is 19.4 Å². The zero-order valence-electron chi connectivity index (χ0n) is 13.7. The summed E-state index contributed by atoms with van der Waals surface area (Å²) < 4.78 is 5.30. The molecule has 0 spiro atoms. The highest BCUT2D eigenvalue weighted by atomic mass is 16.3. The van der Waals surface area contributed by atoms with Crippen molar-refractivity contribution in [3.05, 3.63) is 46.4 Å². The van der Waals surface area contributed by atoms with E-state index in [1.807, 2.05) is 4.90 Å². The summed E-state index contributed by atoms with van der Waals surface area (Å²) in [6, 6.07) is 7.23. The van der Waals surface area contributed by atoms with E-state index < -0.39 is 0 Å². The molecule has 0 unspecified atom stereocenters. The van der Waals surface area contributed by atoms with Crippen molar-refractivity contribution >= 4 is 5.91 Å². The predicted molar refractivity (Wildman–Crippen MR) is 90.8 cm³/mol. The Bertz CT molecular complexity index is 776. The number of amides is 1. The number of nitrogens with one attached hydrogen (secondary N) is 1. The molecule has 24 heavy (non-hydrogen) atoms. The van der Waals surface area contributed by atoms with Gasteiger partial charge in [-0.05, 0) is 55.9 Å². The summed E-state index contributed by atoms with van der Waals surface area (Å²) in [5, 5.41) is 0. The summed E-state index contributed by atoms with van der Waals surface area (Å²) in [5.74, 6) is 1.08. The van der Waals surface area contributed by atoms with Crippen LogP contribution in [0.25, 0.3) is 11.5 Å². The van der Waals surface area contributed by atoms with Crippen LogP contribution in [-0.2, 0) is 0 Å².